The molecule has 11 nitrogen and oxygen atoms in total. The van der Waals surface area contributed by atoms with Gasteiger partial charge in [0, 0.05) is 18.9 Å². The standard InChI is InChI=1S/C22H24N8O3S/c1-4-30-19(11-15(12-24)20(32)25-10-7-23)34-17(21(30)33)5-8-26-22-27-9-6-18(29-22)28-16(13-31)14(2)3/h6,8-9,14,16,31H,4,10,13H2,1-3H3,(H,25,32)(H2,26,27,28,29)/t5?,11?,16-/m0/s1. The fraction of sp³-hybridized carbons (Fsp3) is 0.364. The van der Waals surface area contributed by atoms with Gasteiger partial charge in [-0.1, -0.05) is 36.6 Å². The Balaban J connectivity index is 2.41. The molecule has 0 spiro atoms. The van der Waals surface area contributed by atoms with Gasteiger partial charge in [-0.25, -0.2) is 4.98 Å². The van der Waals surface area contributed by atoms with Crippen LogP contribution in [0.3, 0.4) is 0 Å². The molecule has 1 atom stereocenters. The number of amides is 1. The molecular weight excluding hydrogens is 456 g/mol. The summed E-state index contributed by atoms with van der Waals surface area (Å²) >= 11 is 1.01. The molecule has 2 aromatic heterocycles. The zero-order chi connectivity index (χ0) is 25.1. The predicted octanol–water partition coefficient (Wildman–Crippen LogP) is -0.377. The Morgan fingerprint density at radius 2 is 2.15 bits per heavy atom. The lowest BCUT2D eigenvalue weighted by atomic mass is 10.1. The quantitative estimate of drug-likeness (QED) is 0.212. The fourth-order valence-electron chi connectivity index (χ4n) is 2.62. The number of nitriles is 2. The number of aliphatic hydroxyl groups excluding tert-OH is 1. The number of nitrogens with one attached hydrogen (secondary N) is 3. The molecule has 0 bridgehead atoms. The van der Waals surface area contributed by atoms with Crippen LogP contribution in [0.1, 0.15) is 20.8 Å². The van der Waals surface area contributed by atoms with Gasteiger partial charge < -0.3 is 21.1 Å². The zero-order valence-corrected chi connectivity index (χ0v) is 19.7. The van der Waals surface area contributed by atoms with Crippen LogP contribution in [0, 0.1) is 28.6 Å². The third-order valence-corrected chi connectivity index (χ3v) is 5.51. The summed E-state index contributed by atoms with van der Waals surface area (Å²) in [6.45, 7) is 5.72. The van der Waals surface area contributed by atoms with Crippen LogP contribution in [-0.4, -0.2) is 44.7 Å². The van der Waals surface area contributed by atoms with Crippen molar-refractivity contribution in [1.29, 1.82) is 10.5 Å². The first-order valence-corrected chi connectivity index (χ1v) is 11.1. The topological polar surface area (TPSA) is 169 Å². The Morgan fingerprint density at radius 1 is 1.38 bits per heavy atom. The van der Waals surface area contributed by atoms with Gasteiger partial charge in [0.05, 0.1) is 18.7 Å². The van der Waals surface area contributed by atoms with E-state index in [1.54, 1.807) is 31.3 Å². The van der Waals surface area contributed by atoms with Crippen molar-refractivity contribution < 1.29 is 9.90 Å². The highest BCUT2D eigenvalue weighted by atomic mass is 32.1. The molecule has 0 aliphatic rings. The third kappa shape index (κ3) is 6.91. The van der Waals surface area contributed by atoms with Crippen molar-refractivity contribution in [1.82, 2.24) is 19.9 Å². The molecule has 0 unspecified atom stereocenters. The number of anilines is 2. The molecule has 2 aromatic rings. The number of aliphatic hydroxyl groups is 1. The minimum Gasteiger partial charge on any atom is -0.394 e. The van der Waals surface area contributed by atoms with E-state index in [0.717, 1.165) is 11.3 Å². The number of aromatic nitrogens is 3. The van der Waals surface area contributed by atoms with Crippen molar-refractivity contribution in [3.05, 3.63) is 43.6 Å². The Bertz CT molecular complexity index is 1370. The molecule has 4 N–H and O–H groups in total. The van der Waals surface area contributed by atoms with Crippen LogP contribution < -0.4 is 30.7 Å². The van der Waals surface area contributed by atoms with E-state index in [-0.39, 0.29) is 51.4 Å². The van der Waals surface area contributed by atoms with Crippen LogP contribution in [0.15, 0.2) is 28.8 Å². The largest absolute Gasteiger partial charge is 0.394 e. The Morgan fingerprint density at radius 3 is 2.76 bits per heavy atom. The minimum absolute atomic E-state index is 0.0402. The first-order valence-electron chi connectivity index (χ1n) is 10.3. The lowest BCUT2D eigenvalue weighted by Gasteiger charge is -2.20. The van der Waals surface area contributed by atoms with E-state index in [4.69, 9.17) is 5.26 Å². The van der Waals surface area contributed by atoms with Gasteiger partial charge in [0.1, 0.15) is 27.6 Å². The summed E-state index contributed by atoms with van der Waals surface area (Å²) in [6.07, 6.45) is 2.94. The summed E-state index contributed by atoms with van der Waals surface area (Å²) in [5.74, 6) is 0.242. The first-order chi connectivity index (χ1) is 16.3. The highest BCUT2D eigenvalue weighted by Crippen LogP contribution is 2.11. The maximum Gasteiger partial charge on any atom is 0.277 e. The van der Waals surface area contributed by atoms with Crippen LogP contribution in [0.2, 0.25) is 0 Å². The number of carbonyl (C=O) groups excluding carboxylic acids is 1. The molecule has 0 radical (unpaired) electrons. The van der Waals surface area contributed by atoms with Gasteiger partial charge in [-0.05, 0) is 18.9 Å². The van der Waals surface area contributed by atoms with E-state index in [9.17, 15) is 20.0 Å². The van der Waals surface area contributed by atoms with Crippen LogP contribution in [-0.2, 0) is 11.3 Å². The van der Waals surface area contributed by atoms with Crippen molar-refractivity contribution in [2.45, 2.75) is 33.4 Å². The van der Waals surface area contributed by atoms with Crippen LogP contribution in [0.4, 0.5) is 11.8 Å². The molecule has 176 valence electrons. The number of nitrogens with zero attached hydrogens (tertiary/aromatic N) is 5. The second kappa shape index (κ2) is 12.8. The number of carbonyl (C=O) groups is 1. The monoisotopic (exact) mass is 480 g/mol. The smallest absolute Gasteiger partial charge is 0.277 e. The third-order valence-electron chi connectivity index (χ3n) is 4.49. The lowest BCUT2D eigenvalue weighted by molar-refractivity contribution is -0.116. The summed E-state index contributed by atoms with van der Waals surface area (Å²) in [6, 6.07) is 5.00. The molecule has 12 heteroatoms. The number of thiazole rings is 1. The van der Waals surface area contributed by atoms with Gasteiger partial charge in [-0.2, -0.15) is 15.5 Å². The molecule has 0 aromatic carbocycles. The number of hydrogen-bond acceptors (Lipinski definition) is 10. The van der Waals surface area contributed by atoms with Crippen LogP contribution >= 0.6 is 11.3 Å². The maximum absolute atomic E-state index is 12.7. The van der Waals surface area contributed by atoms with E-state index in [1.165, 1.54) is 10.8 Å². The summed E-state index contributed by atoms with van der Waals surface area (Å²) in [5, 5.41) is 35.5. The summed E-state index contributed by atoms with van der Waals surface area (Å²) in [7, 11) is 0. The van der Waals surface area contributed by atoms with E-state index in [2.05, 4.69) is 37.4 Å². The van der Waals surface area contributed by atoms with E-state index in [0.29, 0.717) is 12.4 Å². The second-order valence-corrected chi connectivity index (χ2v) is 8.11. The van der Waals surface area contributed by atoms with Crippen LogP contribution in [0.25, 0.3) is 11.5 Å². The summed E-state index contributed by atoms with van der Waals surface area (Å²) < 4.78 is 1.86. The normalized spacial score (nSPS) is 10.8. The average Bonchev–Trinajstić information content (AvgIpc) is 3.13. The van der Waals surface area contributed by atoms with Gasteiger partial charge in [0.2, 0.25) is 5.95 Å². The summed E-state index contributed by atoms with van der Waals surface area (Å²) in [4.78, 5) is 33.1. The van der Waals surface area contributed by atoms with Crippen molar-refractivity contribution in [2.75, 3.05) is 23.8 Å². The number of rotatable bonds is 9. The molecule has 2 heterocycles. The predicted molar refractivity (Wildman–Crippen MR) is 128 cm³/mol. The zero-order valence-electron chi connectivity index (χ0n) is 18.9. The van der Waals surface area contributed by atoms with Crippen molar-refractivity contribution in [3.63, 3.8) is 0 Å². The maximum atomic E-state index is 12.7. The van der Waals surface area contributed by atoms with E-state index in [1.807, 2.05) is 13.8 Å². The molecule has 0 saturated heterocycles. The fourth-order valence-corrected chi connectivity index (χ4v) is 3.60. The van der Waals surface area contributed by atoms with Crippen LogP contribution in [0.5, 0.6) is 0 Å². The SMILES string of the molecule is CCn1c(=C=C(C#N)C(=O)NCC#N)sc(=C=CNc2nccc(N[C@@H](CO)C(C)C)n2)c1=O. The highest BCUT2D eigenvalue weighted by Gasteiger charge is 2.12. The van der Waals surface area contributed by atoms with Gasteiger partial charge >= 0.3 is 0 Å². The molecule has 2 rings (SSSR count). The molecule has 0 aliphatic heterocycles. The number of hydrogen-bond donors (Lipinski definition) is 4. The highest BCUT2D eigenvalue weighted by molar-refractivity contribution is 7.07. The lowest BCUT2D eigenvalue weighted by Crippen LogP contribution is -2.30. The minimum atomic E-state index is -0.748. The average molecular weight is 481 g/mol. The van der Waals surface area contributed by atoms with Gasteiger partial charge in [0.15, 0.2) is 5.57 Å². The molecule has 0 aliphatic carbocycles. The summed E-state index contributed by atoms with van der Waals surface area (Å²) in [5.41, 5.74) is 4.79. The van der Waals surface area contributed by atoms with Gasteiger partial charge in [-0.15, -0.1) is 0 Å². The van der Waals surface area contributed by atoms with E-state index >= 15 is 0 Å². The Kier molecular flexibility index (Phi) is 9.78. The molecular formula is C22H24N8O3S. The van der Waals surface area contributed by atoms with Crippen molar-refractivity contribution in [2.24, 2.45) is 5.92 Å². The second-order valence-electron chi connectivity index (χ2n) is 7.11. The Hall–Kier alpha value is -4.18. The Labute approximate surface area is 199 Å². The molecule has 1 amide bonds. The van der Waals surface area contributed by atoms with Gasteiger partial charge in [0.25, 0.3) is 11.5 Å². The van der Waals surface area contributed by atoms with Crippen molar-refractivity contribution in [3.8, 4) is 12.1 Å². The molecule has 0 saturated carbocycles. The van der Waals surface area contributed by atoms with E-state index < -0.39 is 5.91 Å². The first kappa shape index (κ1) is 26.1. The molecule has 34 heavy (non-hydrogen) atoms. The van der Waals surface area contributed by atoms with Crippen molar-refractivity contribution >= 4 is 40.5 Å². The molecule has 0 fully saturated rings. The van der Waals surface area contributed by atoms with Gasteiger partial charge in [-0.3, -0.25) is 14.2 Å².